The summed E-state index contributed by atoms with van der Waals surface area (Å²) >= 11 is 0. The zero-order valence-electron chi connectivity index (χ0n) is 7.74. The minimum Gasteiger partial charge on any atom is -0.353 e. The summed E-state index contributed by atoms with van der Waals surface area (Å²) in [5.41, 5.74) is -0.772. The SMILES string of the molecule is CC1(C)C(=O)NCCN1C[N+](=O)[O-]. The van der Waals surface area contributed by atoms with E-state index in [1.807, 2.05) is 0 Å². The van der Waals surface area contributed by atoms with E-state index in [-0.39, 0.29) is 12.6 Å². The Morgan fingerprint density at radius 2 is 2.31 bits per heavy atom. The van der Waals surface area contributed by atoms with Gasteiger partial charge in [0.05, 0.1) is 5.54 Å². The maximum Gasteiger partial charge on any atom is 0.260 e. The second-order valence-electron chi connectivity index (χ2n) is 3.55. The normalized spacial score (nSPS) is 22.5. The number of amides is 1. The van der Waals surface area contributed by atoms with Crippen LogP contribution < -0.4 is 5.32 Å². The van der Waals surface area contributed by atoms with Crippen molar-refractivity contribution in [3.05, 3.63) is 10.1 Å². The van der Waals surface area contributed by atoms with Gasteiger partial charge < -0.3 is 5.32 Å². The van der Waals surface area contributed by atoms with Crippen LogP contribution >= 0.6 is 0 Å². The molecule has 1 aliphatic rings. The lowest BCUT2D eigenvalue weighted by Gasteiger charge is -2.38. The molecule has 0 saturated carbocycles. The molecule has 0 aromatic carbocycles. The fourth-order valence-electron chi connectivity index (χ4n) is 1.33. The smallest absolute Gasteiger partial charge is 0.260 e. The Kier molecular flexibility index (Phi) is 2.51. The second-order valence-corrected chi connectivity index (χ2v) is 3.55. The molecule has 1 rings (SSSR count). The molecule has 1 saturated heterocycles. The number of nitrogens with one attached hydrogen (secondary N) is 1. The molecule has 0 spiro atoms. The lowest BCUT2D eigenvalue weighted by molar-refractivity contribution is -0.508. The van der Waals surface area contributed by atoms with E-state index in [1.165, 1.54) is 0 Å². The third-order valence-electron chi connectivity index (χ3n) is 2.30. The summed E-state index contributed by atoms with van der Waals surface area (Å²) < 4.78 is 0. The fraction of sp³-hybridized carbons (Fsp3) is 0.857. The zero-order valence-corrected chi connectivity index (χ0v) is 7.74. The molecule has 0 bridgehead atoms. The molecule has 0 aromatic rings. The molecule has 1 N–H and O–H groups in total. The van der Waals surface area contributed by atoms with Gasteiger partial charge in [0.1, 0.15) is 0 Å². The van der Waals surface area contributed by atoms with Gasteiger partial charge in [0.15, 0.2) is 0 Å². The highest BCUT2D eigenvalue weighted by Gasteiger charge is 2.39. The second kappa shape index (κ2) is 3.29. The topological polar surface area (TPSA) is 75.5 Å². The van der Waals surface area contributed by atoms with Crippen molar-refractivity contribution in [3.63, 3.8) is 0 Å². The molecule has 74 valence electrons. The van der Waals surface area contributed by atoms with Gasteiger partial charge in [-0.15, -0.1) is 0 Å². The van der Waals surface area contributed by atoms with Crippen molar-refractivity contribution in [3.8, 4) is 0 Å². The Labute approximate surface area is 76.0 Å². The number of carbonyl (C=O) groups excluding carboxylic acids is 1. The fourth-order valence-corrected chi connectivity index (χ4v) is 1.33. The van der Waals surface area contributed by atoms with E-state index in [0.29, 0.717) is 13.1 Å². The lowest BCUT2D eigenvalue weighted by Crippen LogP contribution is -2.62. The Balaban J connectivity index is 2.72. The van der Waals surface area contributed by atoms with E-state index in [2.05, 4.69) is 5.32 Å². The molecular weight excluding hydrogens is 174 g/mol. The summed E-state index contributed by atoms with van der Waals surface area (Å²) in [5, 5.41) is 13.0. The molecular formula is C7H13N3O3. The van der Waals surface area contributed by atoms with Crippen LogP contribution in [0.3, 0.4) is 0 Å². The maximum absolute atomic E-state index is 11.3. The molecule has 0 atom stereocenters. The molecule has 1 amide bonds. The molecule has 0 unspecified atom stereocenters. The predicted molar refractivity (Wildman–Crippen MR) is 45.7 cm³/mol. The van der Waals surface area contributed by atoms with Crippen LogP contribution in [0.1, 0.15) is 13.8 Å². The predicted octanol–water partition coefficient (Wildman–Crippen LogP) is -0.569. The summed E-state index contributed by atoms with van der Waals surface area (Å²) in [7, 11) is 0. The molecule has 0 aromatic heterocycles. The number of hydrogen-bond donors (Lipinski definition) is 1. The van der Waals surface area contributed by atoms with E-state index in [1.54, 1.807) is 18.7 Å². The first-order valence-corrected chi connectivity index (χ1v) is 4.10. The first-order chi connectivity index (χ1) is 5.94. The van der Waals surface area contributed by atoms with Crippen molar-refractivity contribution in [1.82, 2.24) is 10.2 Å². The maximum atomic E-state index is 11.3. The standard InChI is InChI=1S/C7H13N3O3/c1-7(2)6(11)8-3-4-9(7)5-10(12)13/h3-5H2,1-2H3,(H,8,11). The van der Waals surface area contributed by atoms with Crippen LogP contribution in [0.25, 0.3) is 0 Å². The van der Waals surface area contributed by atoms with Crippen molar-refractivity contribution in [2.75, 3.05) is 19.8 Å². The van der Waals surface area contributed by atoms with Gasteiger partial charge in [0.2, 0.25) is 5.91 Å². The highest BCUT2D eigenvalue weighted by molar-refractivity contribution is 5.86. The van der Waals surface area contributed by atoms with Crippen LogP contribution in [0, 0.1) is 10.1 Å². The summed E-state index contributed by atoms with van der Waals surface area (Å²) in [6.07, 6.45) is 0. The summed E-state index contributed by atoms with van der Waals surface area (Å²) in [6.45, 7) is 4.10. The number of piperazine rings is 1. The summed E-state index contributed by atoms with van der Waals surface area (Å²) in [4.78, 5) is 22.8. The largest absolute Gasteiger partial charge is 0.353 e. The van der Waals surface area contributed by atoms with Gasteiger partial charge in [-0.1, -0.05) is 0 Å². The summed E-state index contributed by atoms with van der Waals surface area (Å²) in [6, 6.07) is 0. The minimum absolute atomic E-state index is 0.152. The van der Waals surface area contributed by atoms with Crippen molar-refractivity contribution in [2.45, 2.75) is 19.4 Å². The van der Waals surface area contributed by atoms with E-state index >= 15 is 0 Å². The number of rotatable bonds is 2. The number of carbonyl (C=O) groups is 1. The molecule has 6 nitrogen and oxygen atoms in total. The number of hydrogen-bond acceptors (Lipinski definition) is 4. The first kappa shape index (κ1) is 9.91. The lowest BCUT2D eigenvalue weighted by atomic mass is 10.00. The van der Waals surface area contributed by atoms with Gasteiger partial charge in [-0.25, -0.2) is 4.90 Å². The van der Waals surface area contributed by atoms with Gasteiger partial charge >= 0.3 is 0 Å². The highest BCUT2D eigenvalue weighted by atomic mass is 16.6. The van der Waals surface area contributed by atoms with E-state index in [0.717, 1.165) is 0 Å². The number of nitrogens with zero attached hydrogens (tertiary/aromatic N) is 2. The van der Waals surface area contributed by atoms with Gasteiger partial charge in [-0.3, -0.25) is 14.9 Å². The molecule has 0 radical (unpaired) electrons. The Morgan fingerprint density at radius 3 is 2.85 bits per heavy atom. The van der Waals surface area contributed by atoms with Crippen LogP contribution in [-0.2, 0) is 4.79 Å². The van der Waals surface area contributed by atoms with Crippen LogP contribution in [0.5, 0.6) is 0 Å². The van der Waals surface area contributed by atoms with Gasteiger partial charge in [-0.05, 0) is 13.8 Å². The van der Waals surface area contributed by atoms with Gasteiger partial charge in [0.25, 0.3) is 6.67 Å². The quantitative estimate of drug-likeness (QED) is 0.464. The molecule has 1 heterocycles. The van der Waals surface area contributed by atoms with Gasteiger partial charge in [0, 0.05) is 18.0 Å². The molecule has 6 heteroatoms. The zero-order chi connectivity index (χ0) is 10.1. The van der Waals surface area contributed by atoms with Crippen LogP contribution in [-0.4, -0.2) is 41.0 Å². The van der Waals surface area contributed by atoms with E-state index in [9.17, 15) is 14.9 Å². The summed E-state index contributed by atoms with van der Waals surface area (Å²) in [5.74, 6) is -0.152. The van der Waals surface area contributed by atoms with E-state index < -0.39 is 10.5 Å². The van der Waals surface area contributed by atoms with Crippen LogP contribution in [0.2, 0.25) is 0 Å². The van der Waals surface area contributed by atoms with Crippen molar-refractivity contribution in [2.24, 2.45) is 0 Å². The third-order valence-corrected chi connectivity index (χ3v) is 2.30. The van der Waals surface area contributed by atoms with Crippen molar-refractivity contribution in [1.29, 1.82) is 0 Å². The highest BCUT2D eigenvalue weighted by Crippen LogP contribution is 2.16. The monoisotopic (exact) mass is 187 g/mol. The first-order valence-electron chi connectivity index (χ1n) is 4.10. The van der Waals surface area contributed by atoms with Crippen molar-refractivity contribution < 1.29 is 9.72 Å². The molecule has 13 heavy (non-hydrogen) atoms. The van der Waals surface area contributed by atoms with Gasteiger partial charge in [-0.2, -0.15) is 0 Å². The van der Waals surface area contributed by atoms with Crippen LogP contribution in [0.15, 0.2) is 0 Å². The van der Waals surface area contributed by atoms with E-state index in [4.69, 9.17) is 0 Å². The number of nitro groups is 1. The Bertz CT molecular complexity index is 239. The van der Waals surface area contributed by atoms with Crippen molar-refractivity contribution >= 4 is 5.91 Å². The minimum atomic E-state index is -0.772. The third kappa shape index (κ3) is 1.95. The Morgan fingerprint density at radius 1 is 1.69 bits per heavy atom. The average Bonchev–Trinajstić information content (AvgIpc) is 1.99. The van der Waals surface area contributed by atoms with Crippen LogP contribution in [0.4, 0.5) is 0 Å². The Hall–Kier alpha value is -1.17. The molecule has 1 aliphatic heterocycles. The molecule has 0 aliphatic carbocycles. The molecule has 1 fully saturated rings. The average molecular weight is 187 g/mol.